The van der Waals surface area contributed by atoms with Crippen molar-refractivity contribution in [2.45, 2.75) is 43.8 Å². The number of amides is 1. The number of benzene rings is 1. The Balaban J connectivity index is 1.13. The third-order valence-electron chi connectivity index (χ3n) is 8.36. The second-order valence-corrected chi connectivity index (χ2v) is 11.0. The summed E-state index contributed by atoms with van der Waals surface area (Å²) >= 11 is 0. The number of hydrogen-bond acceptors (Lipinski definition) is 6. The van der Waals surface area contributed by atoms with Crippen molar-refractivity contribution in [3.8, 4) is 5.75 Å². The van der Waals surface area contributed by atoms with E-state index in [2.05, 4.69) is 48.7 Å². The SMILES string of the molecule is COc1ccc(CC2CC(CNCc3cc4cnccc4[nH]3)N(C(=O)C3CC(c4ccc[nH]c4=O)CN3)C2)cc1. The van der Waals surface area contributed by atoms with E-state index in [4.69, 9.17) is 4.74 Å². The monoisotopic (exact) mass is 540 g/mol. The fourth-order valence-corrected chi connectivity index (χ4v) is 6.34. The van der Waals surface area contributed by atoms with Crippen LogP contribution in [0.4, 0.5) is 0 Å². The van der Waals surface area contributed by atoms with Gasteiger partial charge in [0.1, 0.15) is 5.75 Å². The first-order valence-electron chi connectivity index (χ1n) is 14.0. The molecule has 6 rings (SSSR count). The second kappa shape index (κ2) is 11.7. The predicted molar refractivity (Wildman–Crippen MR) is 154 cm³/mol. The van der Waals surface area contributed by atoms with Crippen LogP contribution in [-0.2, 0) is 17.8 Å². The molecule has 4 N–H and O–H groups in total. The fraction of sp³-hybridized carbons (Fsp3) is 0.387. The van der Waals surface area contributed by atoms with Crippen molar-refractivity contribution in [3.63, 3.8) is 0 Å². The van der Waals surface area contributed by atoms with Gasteiger partial charge in [-0.15, -0.1) is 0 Å². The van der Waals surface area contributed by atoms with E-state index in [0.717, 1.165) is 47.3 Å². The fourth-order valence-electron chi connectivity index (χ4n) is 6.34. The largest absolute Gasteiger partial charge is 0.497 e. The van der Waals surface area contributed by atoms with Gasteiger partial charge in [-0.05, 0) is 61.1 Å². The van der Waals surface area contributed by atoms with E-state index >= 15 is 0 Å². The van der Waals surface area contributed by atoms with E-state index in [1.807, 2.05) is 36.5 Å². The van der Waals surface area contributed by atoms with Crippen LogP contribution in [0.1, 0.15) is 35.6 Å². The highest BCUT2D eigenvalue weighted by Gasteiger charge is 2.40. The number of fused-ring (bicyclic) bond motifs is 1. The quantitative estimate of drug-likeness (QED) is 0.260. The molecule has 208 valence electrons. The summed E-state index contributed by atoms with van der Waals surface area (Å²) in [5.74, 6) is 1.39. The van der Waals surface area contributed by atoms with Crippen molar-refractivity contribution in [1.82, 2.24) is 30.5 Å². The maximum Gasteiger partial charge on any atom is 0.251 e. The van der Waals surface area contributed by atoms with Crippen LogP contribution in [0.15, 0.2) is 71.9 Å². The molecule has 0 radical (unpaired) electrons. The van der Waals surface area contributed by atoms with Crippen molar-refractivity contribution in [2.24, 2.45) is 5.92 Å². The lowest BCUT2D eigenvalue weighted by atomic mass is 9.96. The molecule has 4 atom stereocenters. The Labute approximate surface area is 233 Å². The number of aromatic nitrogens is 3. The van der Waals surface area contributed by atoms with E-state index in [1.54, 1.807) is 19.5 Å². The van der Waals surface area contributed by atoms with Gasteiger partial charge in [-0.3, -0.25) is 14.6 Å². The van der Waals surface area contributed by atoms with Gasteiger partial charge < -0.3 is 30.2 Å². The maximum atomic E-state index is 13.9. The normalized spacial score (nSPS) is 22.7. The van der Waals surface area contributed by atoms with Crippen molar-refractivity contribution in [3.05, 3.63) is 94.3 Å². The average molecular weight is 541 g/mol. The number of carbonyl (C=O) groups is 1. The van der Waals surface area contributed by atoms with Crippen LogP contribution in [0.2, 0.25) is 0 Å². The summed E-state index contributed by atoms with van der Waals surface area (Å²) in [6.07, 6.45) is 7.79. The zero-order valence-corrected chi connectivity index (χ0v) is 22.7. The van der Waals surface area contributed by atoms with Gasteiger partial charge >= 0.3 is 0 Å². The summed E-state index contributed by atoms with van der Waals surface area (Å²) in [6.45, 7) is 2.76. The summed E-state index contributed by atoms with van der Waals surface area (Å²) in [7, 11) is 1.68. The van der Waals surface area contributed by atoms with Crippen molar-refractivity contribution in [1.29, 1.82) is 0 Å². The molecule has 1 aromatic carbocycles. The highest BCUT2D eigenvalue weighted by Crippen LogP contribution is 2.31. The zero-order chi connectivity index (χ0) is 27.5. The molecule has 4 aromatic rings. The molecule has 2 saturated heterocycles. The zero-order valence-electron chi connectivity index (χ0n) is 22.7. The topological polar surface area (TPSA) is 115 Å². The number of rotatable bonds is 9. The molecule has 2 aliphatic rings. The van der Waals surface area contributed by atoms with Crippen LogP contribution in [0, 0.1) is 5.92 Å². The number of carbonyl (C=O) groups excluding carboxylic acids is 1. The van der Waals surface area contributed by atoms with E-state index in [-0.39, 0.29) is 29.5 Å². The van der Waals surface area contributed by atoms with Crippen molar-refractivity contribution < 1.29 is 9.53 Å². The summed E-state index contributed by atoms with van der Waals surface area (Å²) in [4.78, 5) is 38.7. The van der Waals surface area contributed by atoms with Gasteiger partial charge in [0, 0.05) is 78.9 Å². The molecule has 2 fully saturated rings. The van der Waals surface area contributed by atoms with E-state index < -0.39 is 0 Å². The van der Waals surface area contributed by atoms with Crippen LogP contribution in [0.25, 0.3) is 10.9 Å². The van der Waals surface area contributed by atoms with Crippen LogP contribution < -0.4 is 20.9 Å². The summed E-state index contributed by atoms with van der Waals surface area (Å²) in [5, 5.41) is 8.10. The number of pyridine rings is 2. The number of aromatic amines is 2. The molecular formula is C31H36N6O3. The number of likely N-dealkylation sites (tertiary alicyclic amines) is 1. The minimum Gasteiger partial charge on any atom is -0.497 e. The van der Waals surface area contributed by atoms with Crippen LogP contribution in [0.3, 0.4) is 0 Å². The Morgan fingerprint density at radius 3 is 2.85 bits per heavy atom. The highest BCUT2D eigenvalue weighted by molar-refractivity contribution is 5.83. The number of H-pyrrole nitrogens is 2. The molecule has 0 saturated carbocycles. The van der Waals surface area contributed by atoms with Gasteiger partial charge in [0.25, 0.3) is 5.56 Å². The first-order valence-corrected chi connectivity index (χ1v) is 14.0. The summed E-state index contributed by atoms with van der Waals surface area (Å²) in [5.41, 5.74) is 4.10. The molecule has 2 aliphatic heterocycles. The molecule has 0 bridgehead atoms. The predicted octanol–water partition coefficient (Wildman–Crippen LogP) is 2.95. The number of methoxy groups -OCH3 is 1. The molecule has 5 heterocycles. The number of nitrogens with zero attached hydrogens (tertiary/aromatic N) is 2. The van der Waals surface area contributed by atoms with Gasteiger partial charge in [-0.1, -0.05) is 18.2 Å². The van der Waals surface area contributed by atoms with Gasteiger partial charge in [0.05, 0.1) is 13.2 Å². The standard InChI is InChI=1S/C31H36N6O3/c1-40-26-6-4-20(5-7-26)11-21-12-25(18-33-17-24-13-23-15-32-10-8-28(23)36-24)37(19-21)31(39)29-14-22(16-35-29)27-3-2-9-34-30(27)38/h2-10,13,15,21-22,25,29,33,35-36H,11-12,14,16-19H2,1H3,(H,34,38). The second-order valence-electron chi connectivity index (χ2n) is 11.0. The lowest BCUT2D eigenvalue weighted by Gasteiger charge is -2.28. The molecular weight excluding hydrogens is 504 g/mol. The molecule has 40 heavy (non-hydrogen) atoms. The van der Waals surface area contributed by atoms with E-state index in [1.165, 1.54) is 5.56 Å². The van der Waals surface area contributed by atoms with E-state index in [0.29, 0.717) is 32.0 Å². The number of hydrogen-bond donors (Lipinski definition) is 4. The number of nitrogens with one attached hydrogen (secondary N) is 4. The molecule has 0 aliphatic carbocycles. The van der Waals surface area contributed by atoms with Gasteiger partial charge in [-0.25, -0.2) is 0 Å². The first kappa shape index (κ1) is 26.3. The molecule has 3 aromatic heterocycles. The Kier molecular flexibility index (Phi) is 7.66. The van der Waals surface area contributed by atoms with Crippen molar-refractivity contribution in [2.75, 3.05) is 26.7 Å². The van der Waals surface area contributed by atoms with Crippen LogP contribution in [0.5, 0.6) is 5.75 Å². The number of ether oxygens (including phenoxy) is 1. The lowest BCUT2D eigenvalue weighted by molar-refractivity contribution is -0.134. The van der Waals surface area contributed by atoms with Crippen LogP contribution in [-0.4, -0.2) is 64.6 Å². The van der Waals surface area contributed by atoms with Crippen molar-refractivity contribution >= 4 is 16.8 Å². The molecule has 1 amide bonds. The van der Waals surface area contributed by atoms with Gasteiger partial charge in [-0.2, -0.15) is 0 Å². The minimum absolute atomic E-state index is 0.0321. The Morgan fingerprint density at radius 2 is 2.05 bits per heavy atom. The third-order valence-corrected chi connectivity index (χ3v) is 8.36. The van der Waals surface area contributed by atoms with E-state index in [9.17, 15) is 9.59 Å². The van der Waals surface area contributed by atoms with Crippen LogP contribution >= 0.6 is 0 Å². The maximum absolute atomic E-state index is 13.9. The molecule has 0 spiro atoms. The average Bonchev–Trinajstić information content (AvgIpc) is 3.72. The molecule has 9 nitrogen and oxygen atoms in total. The Hall–Kier alpha value is -3.95. The highest BCUT2D eigenvalue weighted by atomic mass is 16.5. The molecule has 4 unspecified atom stereocenters. The summed E-state index contributed by atoms with van der Waals surface area (Å²) < 4.78 is 5.31. The summed E-state index contributed by atoms with van der Waals surface area (Å²) in [6, 6.07) is 15.8. The van der Waals surface area contributed by atoms with Gasteiger partial charge in [0.2, 0.25) is 5.91 Å². The minimum atomic E-state index is -0.284. The lowest BCUT2D eigenvalue weighted by Crippen LogP contribution is -2.48. The van der Waals surface area contributed by atoms with Gasteiger partial charge in [0.15, 0.2) is 0 Å². The Bertz CT molecular complexity index is 1480. The third kappa shape index (κ3) is 5.66. The first-order chi connectivity index (χ1) is 19.6. The smallest absolute Gasteiger partial charge is 0.251 e. The molecule has 9 heteroatoms. The Morgan fingerprint density at radius 1 is 1.18 bits per heavy atom.